The van der Waals surface area contributed by atoms with Gasteiger partial charge in [0.15, 0.2) is 5.78 Å². The Bertz CT molecular complexity index is 883. The highest BCUT2D eigenvalue weighted by Crippen LogP contribution is 2.35. The van der Waals surface area contributed by atoms with Gasteiger partial charge in [0.25, 0.3) is 0 Å². The van der Waals surface area contributed by atoms with Crippen LogP contribution in [0.2, 0.25) is 0 Å². The summed E-state index contributed by atoms with van der Waals surface area (Å²) in [5.41, 5.74) is 3.14. The first-order chi connectivity index (χ1) is 12.7. The van der Waals surface area contributed by atoms with Gasteiger partial charge < -0.3 is 9.80 Å². The number of rotatable bonds is 2. The lowest BCUT2D eigenvalue weighted by Gasteiger charge is -2.37. The SMILES string of the molecule is N#Cc1c(N2CCN(c3ccccc3)CC2)nc2c(c1Br)C(=O)CCC2. The first-order valence-corrected chi connectivity index (χ1v) is 9.69. The van der Waals surface area contributed by atoms with E-state index in [2.05, 4.69) is 56.1 Å². The maximum Gasteiger partial charge on any atom is 0.165 e. The molecule has 2 aliphatic rings. The van der Waals surface area contributed by atoms with Gasteiger partial charge in [-0.15, -0.1) is 0 Å². The van der Waals surface area contributed by atoms with Crippen LogP contribution < -0.4 is 9.80 Å². The van der Waals surface area contributed by atoms with Crippen molar-refractivity contribution in [3.63, 3.8) is 0 Å². The molecule has 5 nitrogen and oxygen atoms in total. The highest BCUT2D eigenvalue weighted by atomic mass is 79.9. The van der Waals surface area contributed by atoms with Crippen molar-refractivity contribution < 1.29 is 4.79 Å². The molecule has 1 saturated heterocycles. The number of aromatic nitrogens is 1. The van der Waals surface area contributed by atoms with Crippen LogP contribution in [0.1, 0.15) is 34.5 Å². The lowest BCUT2D eigenvalue weighted by molar-refractivity contribution is 0.0970. The number of halogens is 1. The number of nitriles is 1. The normalized spacial score (nSPS) is 17.0. The Hall–Kier alpha value is -2.39. The number of pyridine rings is 1. The molecule has 0 amide bonds. The number of hydrogen-bond donors (Lipinski definition) is 0. The summed E-state index contributed by atoms with van der Waals surface area (Å²) in [5.74, 6) is 0.795. The van der Waals surface area contributed by atoms with E-state index in [4.69, 9.17) is 4.98 Å². The molecule has 0 radical (unpaired) electrons. The number of fused-ring (bicyclic) bond motifs is 1. The number of para-hydroxylation sites is 1. The van der Waals surface area contributed by atoms with Gasteiger partial charge in [0, 0.05) is 38.3 Å². The maximum absolute atomic E-state index is 12.3. The molecule has 2 heterocycles. The average Bonchev–Trinajstić information content (AvgIpc) is 2.68. The molecule has 1 aliphatic carbocycles. The molecule has 1 aromatic heterocycles. The lowest BCUT2D eigenvalue weighted by Crippen LogP contribution is -2.47. The van der Waals surface area contributed by atoms with Gasteiger partial charge in [-0.2, -0.15) is 5.26 Å². The van der Waals surface area contributed by atoms with E-state index in [0.29, 0.717) is 27.8 Å². The summed E-state index contributed by atoms with van der Waals surface area (Å²) in [6.07, 6.45) is 2.16. The zero-order valence-corrected chi connectivity index (χ0v) is 16.0. The van der Waals surface area contributed by atoms with Crippen molar-refractivity contribution in [2.75, 3.05) is 36.0 Å². The predicted octanol–water partition coefficient (Wildman–Crippen LogP) is 3.56. The number of aryl methyl sites for hydroxylation is 1. The topological polar surface area (TPSA) is 60.2 Å². The Morgan fingerprint density at radius 2 is 1.73 bits per heavy atom. The number of anilines is 2. The molecular formula is C20H19BrN4O. The highest BCUT2D eigenvalue weighted by Gasteiger charge is 2.29. The number of carbonyl (C=O) groups excluding carboxylic acids is 1. The van der Waals surface area contributed by atoms with Crippen LogP contribution in [0, 0.1) is 11.3 Å². The quantitative estimate of drug-likeness (QED) is 0.757. The second-order valence-corrected chi connectivity index (χ2v) is 7.44. The van der Waals surface area contributed by atoms with Gasteiger partial charge in [0.1, 0.15) is 17.5 Å². The Labute approximate surface area is 161 Å². The Balaban J connectivity index is 1.62. The van der Waals surface area contributed by atoms with Gasteiger partial charge in [-0.3, -0.25) is 4.79 Å². The molecule has 1 fully saturated rings. The van der Waals surface area contributed by atoms with Crippen LogP contribution in [-0.2, 0) is 6.42 Å². The van der Waals surface area contributed by atoms with Crippen LogP contribution >= 0.6 is 15.9 Å². The van der Waals surface area contributed by atoms with Gasteiger partial charge in [-0.05, 0) is 40.9 Å². The second-order valence-electron chi connectivity index (χ2n) is 6.64. The van der Waals surface area contributed by atoms with Crippen molar-refractivity contribution in [3.8, 4) is 6.07 Å². The van der Waals surface area contributed by atoms with Crippen LogP contribution in [0.4, 0.5) is 11.5 Å². The zero-order valence-electron chi connectivity index (χ0n) is 14.4. The third-order valence-electron chi connectivity index (χ3n) is 5.10. The zero-order chi connectivity index (χ0) is 18.1. The van der Waals surface area contributed by atoms with Crippen molar-refractivity contribution in [3.05, 3.63) is 51.6 Å². The molecule has 1 aromatic carbocycles. The van der Waals surface area contributed by atoms with Gasteiger partial charge in [0.05, 0.1) is 15.7 Å². The third kappa shape index (κ3) is 2.97. The van der Waals surface area contributed by atoms with Gasteiger partial charge >= 0.3 is 0 Å². The number of carbonyl (C=O) groups is 1. The van der Waals surface area contributed by atoms with Crippen molar-refractivity contribution in [2.24, 2.45) is 0 Å². The summed E-state index contributed by atoms with van der Waals surface area (Å²) in [7, 11) is 0. The lowest BCUT2D eigenvalue weighted by atomic mass is 9.93. The first kappa shape index (κ1) is 17.0. The molecule has 4 rings (SSSR count). The molecule has 0 saturated carbocycles. The number of hydrogen-bond acceptors (Lipinski definition) is 5. The van der Waals surface area contributed by atoms with E-state index in [9.17, 15) is 10.1 Å². The Morgan fingerprint density at radius 1 is 1.04 bits per heavy atom. The van der Waals surface area contributed by atoms with E-state index in [1.807, 2.05) is 6.07 Å². The summed E-state index contributed by atoms with van der Waals surface area (Å²) in [5, 5.41) is 9.68. The fourth-order valence-electron chi connectivity index (χ4n) is 3.74. The van der Waals surface area contributed by atoms with Gasteiger partial charge in [-0.1, -0.05) is 18.2 Å². The molecule has 0 N–H and O–H groups in total. The number of benzene rings is 1. The van der Waals surface area contributed by atoms with E-state index >= 15 is 0 Å². The third-order valence-corrected chi connectivity index (χ3v) is 5.89. The van der Waals surface area contributed by atoms with Crippen LogP contribution in [0.25, 0.3) is 0 Å². The fourth-order valence-corrected chi connectivity index (χ4v) is 4.45. The standard InChI is InChI=1S/C20H19BrN4O/c21-19-15(13-22)20(23-16-7-4-8-17(26)18(16)19)25-11-9-24(10-12-25)14-5-2-1-3-6-14/h1-3,5-6H,4,7-12H2. The second kappa shape index (κ2) is 7.08. The van der Waals surface area contributed by atoms with E-state index in [-0.39, 0.29) is 5.78 Å². The summed E-state index contributed by atoms with van der Waals surface area (Å²) >= 11 is 3.51. The summed E-state index contributed by atoms with van der Waals surface area (Å²) in [6.45, 7) is 3.36. The Morgan fingerprint density at radius 3 is 2.42 bits per heavy atom. The smallest absolute Gasteiger partial charge is 0.165 e. The van der Waals surface area contributed by atoms with Crippen LogP contribution in [0.5, 0.6) is 0 Å². The minimum atomic E-state index is 0.0857. The minimum Gasteiger partial charge on any atom is -0.368 e. The molecule has 0 spiro atoms. The predicted molar refractivity (Wildman–Crippen MR) is 105 cm³/mol. The summed E-state index contributed by atoms with van der Waals surface area (Å²) in [4.78, 5) is 21.5. The molecule has 2 aromatic rings. The van der Waals surface area contributed by atoms with Crippen molar-refractivity contribution >= 4 is 33.2 Å². The molecule has 0 bridgehead atoms. The van der Waals surface area contributed by atoms with Crippen LogP contribution in [-0.4, -0.2) is 36.9 Å². The number of nitrogens with zero attached hydrogens (tertiary/aromatic N) is 4. The molecule has 1 aliphatic heterocycles. The highest BCUT2D eigenvalue weighted by molar-refractivity contribution is 9.10. The summed E-state index contributed by atoms with van der Waals surface area (Å²) < 4.78 is 0.621. The molecule has 0 atom stereocenters. The molecule has 132 valence electrons. The first-order valence-electron chi connectivity index (χ1n) is 8.89. The largest absolute Gasteiger partial charge is 0.368 e. The monoisotopic (exact) mass is 410 g/mol. The number of piperazine rings is 1. The number of ketones is 1. The van der Waals surface area contributed by atoms with Crippen molar-refractivity contribution in [2.45, 2.75) is 19.3 Å². The number of Topliss-reactive ketones (excluding diaryl/α,β-unsaturated/α-hetero) is 1. The average molecular weight is 411 g/mol. The maximum atomic E-state index is 12.3. The molecule has 0 unspecified atom stereocenters. The minimum absolute atomic E-state index is 0.0857. The van der Waals surface area contributed by atoms with E-state index < -0.39 is 0 Å². The Kier molecular flexibility index (Phi) is 4.64. The summed E-state index contributed by atoms with van der Waals surface area (Å²) in [6, 6.07) is 12.6. The van der Waals surface area contributed by atoms with E-state index in [0.717, 1.165) is 44.7 Å². The van der Waals surface area contributed by atoms with E-state index in [1.54, 1.807) is 0 Å². The van der Waals surface area contributed by atoms with E-state index in [1.165, 1.54) is 5.69 Å². The van der Waals surface area contributed by atoms with Crippen LogP contribution in [0.3, 0.4) is 0 Å². The van der Waals surface area contributed by atoms with Crippen molar-refractivity contribution in [1.82, 2.24) is 4.98 Å². The fraction of sp³-hybridized carbons (Fsp3) is 0.350. The van der Waals surface area contributed by atoms with Gasteiger partial charge in [-0.25, -0.2) is 4.98 Å². The molecular weight excluding hydrogens is 392 g/mol. The van der Waals surface area contributed by atoms with Gasteiger partial charge in [0.2, 0.25) is 0 Å². The van der Waals surface area contributed by atoms with Crippen molar-refractivity contribution in [1.29, 1.82) is 5.26 Å². The molecule has 26 heavy (non-hydrogen) atoms. The van der Waals surface area contributed by atoms with Crippen LogP contribution in [0.15, 0.2) is 34.8 Å². The molecule has 6 heteroatoms.